The minimum atomic E-state index is -4.92. The normalized spacial score (nSPS) is 21.4. The molecule has 2 saturated heterocycles. The van der Waals surface area contributed by atoms with Crippen molar-refractivity contribution in [1.82, 2.24) is 10.2 Å². The van der Waals surface area contributed by atoms with E-state index in [1.165, 1.54) is 29.2 Å². The van der Waals surface area contributed by atoms with Crippen molar-refractivity contribution in [2.45, 2.75) is 62.8 Å². The molecule has 2 aliphatic rings. The molecular formula is C30H39F3N2O4. The topological polar surface area (TPSA) is 71.0 Å². The smallest absolute Gasteiger partial charge is 0.430 e. The maximum absolute atomic E-state index is 14.5. The van der Waals surface area contributed by atoms with Crippen molar-refractivity contribution >= 4 is 5.91 Å². The maximum Gasteiger partial charge on any atom is 0.430 e. The van der Waals surface area contributed by atoms with Crippen molar-refractivity contribution in [3.8, 4) is 5.75 Å². The molecule has 2 heterocycles. The Morgan fingerprint density at radius 1 is 1.05 bits per heavy atom. The van der Waals surface area contributed by atoms with Gasteiger partial charge in [-0.15, -0.1) is 0 Å². The summed E-state index contributed by atoms with van der Waals surface area (Å²) < 4.78 is 54.7. The van der Waals surface area contributed by atoms with E-state index in [0.29, 0.717) is 32.4 Å². The van der Waals surface area contributed by atoms with Crippen molar-refractivity contribution in [3.05, 3.63) is 65.7 Å². The van der Waals surface area contributed by atoms with Gasteiger partial charge in [0.15, 0.2) is 0 Å². The first kappa shape index (κ1) is 29.4. The highest BCUT2D eigenvalue weighted by atomic mass is 19.4. The van der Waals surface area contributed by atoms with Gasteiger partial charge in [0, 0.05) is 44.6 Å². The number of hydrogen-bond acceptors (Lipinski definition) is 5. The van der Waals surface area contributed by atoms with Gasteiger partial charge in [-0.05, 0) is 56.7 Å². The number of ether oxygens (including phenoxy) is 2. The summed E-state index contributed by atoms with van der Waals surface area (Å²) in [6.07, 6.45) is -2.43. The monoisotopic (exact) mass is 548 g/mol. The van der Waals surface area contributed by atoms with Gasteiger partial charge in [0.05, 0.1) is 12.2 Å². The lowest BCUT2D eigenvalue weighted by atomic mass is 9.62. The maximum atomic E-state index is 14.5. The van der Waals surface area contributed by atoms with Gasteiger partial charge in [-0.2, -0.15) is 13.2 Å². The van der Waals surface area contributed by atoms with Crippen LogP contribution in [-0.2, 0) is 15.1 Å². The summed E-state index contributed by atoms with van der Waals surface area (Å²) in [6.45, 7) is 5.80. The number of para-hydroxylation sites is 1. The summed E-state index contributed by atoms with van der Waals surface area (Å²) in [5, 5.41) is 13.6. The third-order valence-corrected chi connectivity index (χ3v) is 8.39. The van der Waals surface area contributed by atoms with Crippen LogP contribution in [0.5, 0.6) is 5.75 Å². The van der Waals surface area contributed by atoms with Gasteiger partial charge >= 0.3 is 6.18 Å². The van der Waals surface area contributed by atoms with Crippen LogP contribution < -0.4 is 10.1 Å². The van der Waals surface area contributed by atoms with E-state index in [4.69, 9.17) is 9.47 Å². The van der Waals surface area contributed by atoms with E-state index in [-0.39, 0.29) is 30.0 Å². The molecule has 2 N–H and O–H groups in total. The van der Waals surface area contributed by atoms with E-state index < -0.39 is 23.3 Å². The van der Waals surface area contributed by atoms with Crippen LogP contribution in [0.4, 0.5) is 13.2 Å². The number of nitrogens with one attached hydrogen (secondary N) is 1. The zero-order chi connectivity index (χ0) is 28.3. The number of hydrogen-bond donors (Lipinski definition) is 2. The molecule has 4 rings (SSSR count). The highest BCUT2D eigenvalue weighted by molar-refractivity contribution is 5.88. The Bertz CT molecular complexity index is 1110. The van der Waals surface area contributed by atoms with Crippen molar-refractivity contribution < 1.29 is 32.5 Å². The van der Waals surface area contributed by atoms with Gasteiger partial charge in [-0.25, -0.2) is 0 Å². The minimum absolute atomic E-state index is 0.0748. The lowest BCUT2D eigenvalue weighted by Gasteiger charge is -2.51. The molecule has 2 aromatic carbocycles. The van der Waals surface area contributed by atoms with E-state index in [1.54, 1.807) is 19.9 Å². The highest BCUT2D eigenvalue weighted by Gasteiger charge is 2.64. The number of piperidine rings is 2. The second kappa shape index (κ2) is 11.5. The predicted molar refractivity (Wildman–Crippen MR) is 143 cm³/mol. The van der Waals surface area contributed by atoms with Gasteiger partial charge in [-0.3, -0.25) is 4.79 Å². The minimum Gasteiger partial charge on any atom is -0.493 e. The van der Waals surface area contributed by atoms with Crippen molar-refractivity contribution in [1.29, 1.82) is 0 Å². The number of methoxy groups -OCH3 is 1. The van der Waals surface area contributed by atoms with Crippen molar-refractivity contribution in [2.24, 2.45) is 5.41 Å². The molecule has 9 heteroatoms. The summed E-state index contributed by atoms with van der Waals surface area (Å²) in [5.74, 6) is -0.238. The van der Waals surface area contributed by atoms with Crippen molar-refractivity contribution in [3.63, 3.8) is 0 Å². The molecule has 2 fully saturated rings. The predicted octanol–water partition coefficient (Wildman–Crippen LogP) is 5.02. The molecule has 2 atom stereocenters. The number of aliphatic hydroxyl groups is 1. The van der Waals surface area contributed by atoms with E-state index in [2.05, 4.69) is 5.32 Å². The fourth-order valence-electron chi connectivity index (χ4n) is 6.10. The molecule has 0 radical (unpaired) electrons. The number of nitrogens with zero attached hydrogens (tertiary/aromatic N) is 1. The summed E-state index contributed by atoms with van der Waals surface area (Å²) in [7, 11) is 0.946. The first-order chi connectivity index (χ1) is 18.4. The Morgan fingerprint density at radius 2 is 1.69 bits per heavy atom. The van der Waals surface area contributed by atoms with E-state index in [1.807, 2.05) is 24.3 Å². The number of carbonyl (C=O) groups excluding carboxylic acids is 1. The number of rotatable bonds is 8. The van der Waals surface area contributed by atoms with E-state index in [0.717, 1.165) is 31.4 Å². The molecular weight excluding hydrogens is 509 g/mol. The van der Waals surface area contributed by atoms with Crippen LogP contribution >= 0.6 is 0 Å². The number of likely N-dealkylation sites (tertiary alicyclic amines) is 1. The standard InChI is InChI=1S/C30H39F3N2O4/c1-27(2,37)16-20-39-25-12-8-7-11-23(25)24-21-34-17-13-28(24)14-18-35(19-15-28)26(36)29(38-3,30(31,32)33)22-9-5-4-6-10-22/h4-12,24,34,37H,13-21H2,1-3H3/t24?,29-/m1/s1. The lowest BCUT2D eigenvalue weighted by molar-refractivity contribution is -0.271. The van der Waals surface area contributed by atoms with Crippen LogP contribution in [0.1, 0.15) is 56.6 Å². The summed E-state index contributed by atoms with van der Waals surface area (Å²) in [5.41, 5.74) is -3.24. The highest BCUT2D eigenvalue weighted by Crippen LogP contribution is 2.51. The molecule has 1 amide bonds. The summed E-state index contributed by atoms with van der Waals surface area (Å²) >= 11 is 0. The van der Waals surface area contributed by atoms with Gasteiger partial charge < -0.3 is 24.8 Å². The van der Waals surface area contributed by atoms with Crippen LogP contribution in [0.25, 0.3) is 0 Å². The second-order valence-electron chi connectivity index (χ2n) is 11.4. The fourth-order valence-corrected chi connectivity index (χ4v) is 6.10. The molecule has 0 aromatic heterocycles. The van der Waals surface area contributed by atoms with Gasteiger partial charge in [0.2, 0.25) is 0 Å². The molecule has 0 bridgehead atoms. The van der Waals surface area contributed by atoms with Crippen LogP contribution in [0.3, 0.4) is 0 Å². The summed E-state index contributed by atoms with van der Waals surface area (Å²) in [6, 6.07) is 15.0. The Labute approximate surface area is 228 Å². The number of benzene rings is 2. The zero-order valence-electron chi connectivity index (χ0n) is 22.9. The van der Waals surface area contributed by atoms with E-state index in [9.17, 15) is 23.1 Å². The Morgan fingerprint density at radius 3 is 2.31 bits per heavy atom. The van der Waals surface area contributed by atoms with Gasteiger partial charge in [0.1, 0.15) is 5.75 Å². The number of amides is 1. The molecule has 1 unspecified atom stereocenters. The molecule has 39 heavy (non-hydrogen) atoms. The third kappa shape index (κ3) is 5.95. The molecule has 6 nitrogen and oxygen atoms in total. The molecule has 1 spiro atoms. The zero-order valence-corrected chi connectivity index (χ0v) is 22.9. The Balaban J connectivity index is 1.56. The number of carbonyl (C=O) groups is 1. The van der Waals surface area contributed by atoms with Crippen LogP contribution in [0.2, 0.25) is 0 Å². The van der Waals surface area contributed by atoms with Crippen LogP contribution in [-0.4, -0.2) is 67.6 Å². The molecule has 2 aliphatic heterocycles. The van der Waals surface area contributed by atoms with Crippen molar-refractivity contribution in [2.75, 3.05) is 39.9 Å². The molecule has 0 aliphatic carbocycles. The Hall–Kier alpha value is -2.62. The third-order valence-electron chi connectivity index (χ3n) is 8.39. The van der Waals surface area contributed by atoms with Gasteiger partial charge in [0.25, 0.3) is 11.5 Å². The molecule has 2 aromatic rings. The van der Waals surface area contributed by atoms with E-state index >= 15 is 0 Å². The Kier molecular flexibility index (Phi) is 8.64. The van der Waals surface area contributed by atoms with Gasteiger partial charge in [-0.1, -0.05) is 48.5 Å². The summed E-state index contributed by atoms with van der Waals surface area (Å²) in [4.78, 5) is 14.9. The fraction of sp³-hybridized carbons (Fsp3) is 0.567. The van der Waals surface area contributed by atoms with Crippen LogP contribution in [0, 0.1) is 5.41 Å². The quantitative estimate of drug-likeness (QED) is 0.485. The van der Waals surface area contributed by atoms with Crippen LogP contribution in [0.15, 0.2) is 54.6 Å². The second-order valence-corrected chi connectivity index (χ2v) is 11.4. The SMILES string of the molecule is CO[C@@](C(=O)N1CCC2(CCNCC2c2ccccc2OCCC(C)(C)O)CC1)(c1ccccc1)C(F)(F)F. The average molecular weight is 549 g/mol. The largest absolute Gasteiger partial charge is 0.493 e. The molecule has 214 valence electrons. The first-order valence-corrected chi connectivity index (χ1v) is 13.6. The number of alkyl halides is 3. The lowest BCUT2D eigenvalue weighted by Crippen LogP contribution is -2.59. The molecule has 0 saturated carbocycles. The average Bonchev–Trinajstić information content (AvgIpc) is 2.90. The first-order valence-electron chi connectivity index (χ1n) is 13.6. The number of halogens is 3.